The van der Waals surface area contributed by atoms with Crippen molar-refractivity contribution < 1.29 is 19.1 Å². The number of nitrogens with zero attached hydrogens (tertiary/aromatic N) is 3. The van der Waals surface area contributed by atoms with Crippen LogP contribution in [0.15, 0.2) is 72.8 Å². The van der Waals surface area contributed by atoms with Gasteiger partial charge in [-0.15, -0.1) is 0 Å². The lowest BCUT2D eigenvalue weighted by Gasteiger charge is -2.25. The van der Waals surface area contributed by atoms with Crippen molar-refractivity contribution in [2.75, 3.05) is 6.54 Å². The van der Waals surface area contributed by atoms with Crippen molar-refractivity contribution in [2.45, 2.75) is 19.0 Å². The monoisotopic (exact) mass is 439 g/mol. The summed E-state index contributed by atoms with van der Waals surface area (Å²) in [4.78, 5) is 31.2. The highest BCUT2D eigenvalue weighted by Gasteiger charge is 2.45. The number of hydrogen-bond acceptors (Lipinski definition) is 4. The fraction of sp³-hybridized carbons (Fsp3) is 0.174. The first-order valence-corrected chi connectivity index (χ1v) is 10.1. The summed E-state index contributed by atoms with van der Waals surface area (Å²) in [6, 6.07) is 11.1. The molecule has 0 bridgehead atoms. The lowest BCUT2D eigenvalue weighted by molar-refractivity contribution is -0.139. The van der Waals surface area contributed by atoms with Gasteiger partial charge in [0.15, 0.2) is 0 Å². The molecule has 2 heterocycles. The molecule has 31 heavy (non-hydrogen) atoms. The Hall–Kier alpha value is -3.45. The third-order valence-electron chi connectivity index (χ3n) is 5.22. The number of aliphatic hydroxyl groups is 1. The molecule has 2 aromatic carbocycles. The lowest BCUT2D eigenvalue weighted by Crippen LogP contribution is -2.31. The number of Topliss-reactive ketones (excluding diaryl/α,β-unsaturated/α-hetero) is 1. The zero-order chi connectivity index (χ0) is 22.0. The molecular weight excluding hydrogens is 421 g/mol. The predicted octanol–water partition coefficient (Wildman–Crippen LogP) is 4.19. The Morgan fingerprint density at radius 2 is 1.77 bits per heavy atom. The Morgan fingerprint density at radius 3 is 2.42 bits per heavy atom. The molecule has 1 saturated heterocycles. The van der Waals surface area contributed by atoms with Crippen LogP contribution in [0.4, 0.5) is 4.39 Å². The number of likely N-dealkylation sites (tertiary alicyclic amines) is 1. The summed E-state index contributed by atoms with van der Waals surface area (Å²) in [7, 11) is 0. The highest BCUT2D eigenvalue weighted by atomic mass is 35.5. The molecule has 1 aliphatic rings. The number of aliphatic hydroxyl groups excluding tert-OH is 1. The van der Waals surface area contributed by atoms with E-state index in [9.17, 15) is 19.1 Å². The van der Waals surface area contributed by atoms with Crippen LogP contribution < -0.4 is 0 Å². The third-order valence-corrected chi connectivity index (χ3v) is 5.47. The van der Waals surface area contributed by atoms with Gasteiger partial charge in [0, 0.05) is 36.1 Å². The zero-order valence-electron chi connectivity index (χ0n) is 16.4. The molecule has 6 nitrogen and oxygen atoms in total. The van der Waals surface area contributed by atoms with E-state index in [1.54, 1.807) is 36.8 Å². The number of imidazole rings is 1. The van der Waals surface area contributed by atoms with Crippen LogP contribution in [0, 0.1) is 5.82 Å². The summed E-state index contributed by atoms with van der Waals surface area (Å²) in [6.45, 7) is 0.921. The SMILES string of the molecule is O=C1C(=O)N(CCCn2ccnc2)C(c2ccc(Cl)cc2)/C1=C(/O)c1ccc(F)cc1. The number of halogens is 2. The van der Waals surface area contributed by atoms with Gasteiger partial charge in [-0.3, -0.25) is 9.59 Å². The second-order valence-corrected chi connectivity index (χ2v) is 7.64. The first-order chi connectivity index (χ1) is 15.0. The summed E-state index contributed by atoms with van der Waals surface area (Å²) in [5.74, 6) is -2.26. The normalized spacial score (nSPS) is 18.0. The van der Waals surface area contributed by atoms with Crippen molar-refractivity contribution in [3.63, 3.8) is 0 Å². The fourth-order valence-corrected chi connectivity index (χ4v) is 3.83. The van der Waals surface area contributed by atoms with Crippen molar-refractivity contribution in [1.82, 2.24) is 14.5 Å². The van der Waals surface area contributed by atoms with E-state index in [-0.39, 0.29) is 16.9 Å². The van der Waals surface area contributed by atoms with Crippen LogP contribution in [0.3, 0.4) is 0 Å². The van der Waals surface area contributed by atoms with E-state index in [0.717, 1.165) is 0 Å². The fourth-order valence-electron chi connectivity index (χ4n) is 3.71. The van der Waals surface area contributed by atoms with E-state index >= 15 is 0 Å². The highest BCUT2D eigenvalue weighted by Crippen LogP contribution is 2.39. The molecule has 0 aliphatic carbocycles. The van der Waals surface area contributed by atoms with Gasteiger partial charge in [0.25, 0.3) is 11.7 Å². The van der Waals surface area contributed by atoms with E-state index < -0.39 is 23.5 Å². The number of amides is 1. The van der Waals surface area contributed by atoms with E-state index in [1.165, 1.54) is 29.2 Å². The van der Waals surface area contributed by atoms with Crippen LogP contribution in [0.1, 0.15) is 23.6 Å². The quantitative estimate of drug-likeness (QED) is 0.355. The van der Waals surface area contributed by atoms with Crippen molar-refractivity contribution in [2.24, 2.45) is 0 Å². The first kappa shape index (κ1) is 20.8. The van der Waals surface area contributed by atoms with Gasteiger partial charge >= 0.3 is 0 Å². The second kappa shape index (κ2) is 8.73. The number of aromatic nitrogens is 2. The van der Waals surface area contributed by atoms with E-state index in [2.05, 4.69) is 4.98 Å². The Morgan fingerprint density at radius 1 is 1.06 bits per heavy atom. The average Bonchev–Trinajstić information content (AvgIpc) is 3.37. The maximum atomic E-state index is 13.3. The molecule has 0 spiro atoms. The summed E-state index contributed by atoms with van der Waals surface area (Å²) in [5.41, 5.74) is 0.883. The molecule has 158 valence electrons. The van der Waals surface area contributed by atoms with Crippen LogP contribution in [0.2, 0.25) is 5.02 Å². The van der Waals surface area contributed by atoms with Crippen molar-refractivity contribution >= 4 is 29.1 Å². The summed E-state index contributed by atoms with van der Waals surface area (Å²) >= 11 is 6.01. The largest absolute Gasteiger partial charge is 0.507 e. The predicted molar refractivity (Wildman–Crippen MR) is 114 cm³/mol. The number of aryl methyl sites for hydroxylation is 1. The molecule has 8 heteroatoms. The molecule has 1 amide bonds. The maximum absolute atomic E-state index is 13.3. The molecule has 1 aromatic heterocycles. The van der Waals surface area contributed by atoms with Crippen molar-refractivity contribution in [1.29, 1.82) is 0 Å². The van der Waals surface area contributed by atoms with E-state index in [1.807, 2.05) is 10.8 Å². The van der Waals surface area contributed by atoms with Gasteiger partial charge in [-0.05, 0) is 48.4 Å². The maximum Gasteiger partial charge on any atom is 0.295 e. The van der Waals surface area contributed by atoms with E-state index in [4.69, 9.17) is 11.6 Å². The minimum Gasteiger partial charge on any atom is -0.507 e. The summed E-state index contributed by atoms with van der Waals surface area (Å²) in [5, 5.41) is 11.4. The number of rotatable bonds is 6. The number of ketones is 1. The molecule has 4 rings (SSSR count). The molecule has 3 aromatic rings. The molecule has 1 atom stereocenters. The number of hydrogen-bond donors (Lipinski definition) is 1. The molecule has 0 saturated carbocycles. The van der Waals surface area contributed by atoms with Gasteiger partial charge in [-0.25, -0.2) is 9.37 Å². The molecule has 0 radical (unpaired) electrons. The topological polar surface area (TPSA) is 75.4 Å². The molecule has 1 unspecified atom stereocenters. The van der Waals surface area contributed by atoms with Crippen LogP contribution in [-0.2, 0) is 16.1 Å². The summed E-state index contributed by atoms with van der Waals surface area (Å²) in [6.07, 6.45) is 5.76. The highest BCUT2D eigenvalue weighted by molar-refractivity contribution is 6.46. The average molecular weight is 440 g/mol. The van der Waals surface area contributed by atoms with Gasteiger partial charge < -0.3 is 14.6 Å². The van der Waals surface area contributed by atoms with Gasteiger partial charge in [0.1, 0.15) is 11.6 Å². The third kappa shape index (κ3) is 4.22. The number of benzene rings is 2. The minimum atomic E-state index is -0.774. The Bertz CT molecular complexity index is 1130. The van der Waals surface area contributed by atoms with Crippen LogP contribution in [0.25, 0.3) is 5.76 Å². The van der Waals surface area contributed by atoms with Crippen LogP contribution in [-0.4, -0.2) is 37.8 Å². The zero-order valence-corrected chi connectivity index (χ0v) is 17.2. The van der Waals surface area contributed by atoms with Crippen molar-refractivity contribution in [3.8, 4) is 0 Å². The van der Waals surface area contributed by atoms with Gasteiger partial charge in [-0.1, -0.05) is 23.7 Å². The van der Waals surface area contributed by atoms with Gasteiger partial charge in [-0.2, -0.15) is 0 Å². The molecular formula is C23H19ClFN3O3. The molecule has 1 fully saturated rings. The number of carbonyl (C=O) groups excluding carboxylic acids is 2. The van der Waals surface area contributed by atoms with Crippen LogP contribution in [0.5, 0.6) is 0 Å². The Labute approximate surface area is 183 Å². The Kier molecular flexibility index (Phi) is 5.86. The van der Waals surface area contributed by atoms with E-state index in [0.29, 0.717) is 30.1 Å². The first-order valence-electron chi connectivity index (χ1n) is 9.71. The minimum absolute atomic E-state index is 0.0263. The summed E-state index contributed by atoms with van der Waals surface area (Å²) < 4.78 is 15.2. The van der Waals surface area contributed by atoms with Crippen molar-refractivity contribution in [3.05, 3.63) is 94.8 Å². The lowest BCUT2D eigenvalue weighted by atomic mass is 9.95. The standard InChI is InChI=1S/C23H19ClFN3O3/c24-17-6-2-15(3-7-17)20-19(21(29)16-4-8-18(25)9-5-16)22(30)23(31)28(20)12-1-11-27-13-10-26-14-27/h2-10,13-14,20,29H,1,11-12H2/b21-19-. The second-order valence-electron chi connectivity index (χ2n) is 7.20. The van der Waals surface area contributed by atoms with Gasteiger partial charge in [0.05, 0.1) is 17.9 Å². The Balaban J connectivity index is 1.72. The molecule has 1 N–H and O–H groups in total. The van der Waals surface area contributed by atoms with Crippen LogP contribution >= 0.6 is 11.6 Å². The van der Waals surface area contributed by atoms with Gasteiger partial charge in [0.2, 0.25) is 0 Å². The number of carbonyl (C=O) groups is 2. The smallest absolute Gasteiger partial charge is 0.295 e. The molecule has 1 aliphatic heterocycles.